The van der Waals surface area contributed by atoms with E-state index in [4.69, 9.17) is 11.5 Å². The van der Waals surface area contributed by atoms with E-state index in [0.29, 0.717) is 10.0 Å². The second kappa shape index (κ2) is 3.93. The molecule has 0 fully saturated rings. The molecule has 0 spiro atoms. The summed E-state index contributed by atoms with van der Waals surface area (Å²) in [7, 11) is 0. The summed E-state index contributed by atoms with van der Waals surface area (Å²) in [5.74, 6) is -0.295. The Morgan fingerprint density at radius 2 is 2.19 bits per heavy atom. The predicted molar refractivity (Wildman–Crippen MR) is 62.0 cm³/mol. The number of nitrogen functional groups attached to an aromatic ring is 1. The standard InChI is InChI=1S/C9H8BrN5O/c10-6-3-5(8(11)16)1-2-7(6)15-4-13-9(12)14-15/h1-4H,(H2,11,16)(H2,12,14). The number of aromatic nitrogens is 3. The van der Waals surface area contributed by atoms with Crippen LogP contribution in [0.1, 0.15) is 10.4 Å². The van der Waals surface area contributed by atoms with Crippen LogP contribution in [0.3, 0.4) is 0 Å². The van der Waals surface area contributed by atoms with Gasteiger partial charge in [0.25, 0.3) is 0 Å². The molecule has 1 aromatic carbocycles. The Labute approximate surface area is 99.4 Å². The average molecular weight is 282 g/mol. The summed E-state index contributed by atoms with van der Waals surface area (Å²) in [6.45, 7) is 0. The molecule has 0 aliphatic rings. The molecule has 7 heteroatoms. The van der Waals surface area contributed by atoms with Crippen molar-refractivity contribution in [3.63, 3.8) is 0 Å². The third-order valence-electron chi connectivity index (χ3n) is 1.99. The van der Waals surface area contributed by atoms with Gasteiger partial charge in [-0.1, -0.05) is 0 Å². The van der Waals surface area contributed by atoms with E-state index < -0.39 is 5.91 Å². The number of hydrogen-bond donors (Lipinski definition) is 2. The van der Waals surface area contributed by atoms with Crippen molar-refractivity contribution in [2.45, 2.75) is 0 Å². The number of carbonyl (C=O) groups is 1. The normalized spacial score (nSPS) is 10.3. The highest BCUT2D eigenvalue weighted by molar-refractivity contribution is 9.10. The lowest BCUT2D eigenvalue weighted by Gasteiger charge is -2.04. The molecular weight excluding hydrogens is 274 g/mol. The topological polar surface area (TPSA) is 99.8 Å². The van der Waals surface area contributed by atoms with Gasteiger partial charge < -0.3 is 11.5 Å². The van der Waals surface area contributed by atoms with Gasteiger partial charge in [-0.05, 0) is 34.1 Å². The molecule has 82 valence electrons. The van der Waals surface area contributed by atoms with Crippen LogP contribution in [0.25, 0.3) is 5.69 Å². The molecule has 6 nitrogen and oxygen atoms in total. The summed E-state index contributed by atoms with van der Waals surface area (Å²) in [6.07, 6.45) is 1.49. The molecule has 0 saturated carbocycles. The Morgan fingerprint density at radius 3 is 2.69 bits per heavy atom. The Morgan fingerprint density at radius 1 is 1.44 bits per heavy atom. The molecule has 1 aromatic heterocycles. The molecule has 0 saturated heterocycles. The first-order valence-electron chi connectivity index (χ1n) is 4.35. The summed E-state index contributed by atoms with van der Waals surface area (Å²) in [5.41, 5.74) is 11.7. The van der Waals surface area contributed by atoms with Gasteiger partial charge in [0, 0.05) is 10.0 Å². The van der Waals surface area contributed by atoms with Crippen molar-refractivity contribution in [2.24, 2.45) is 5.73 Å². The van der Waals surface area contributed by atoms with Crippen molar-refractivity contribution in [3.05, 3.63) is 34.6 Å². The summed E-state index contributed by atoms with van der Waals surface area (Å²) >= 11 is 3.32. The molecule has 1 amide bonds. The fourth-order valence-electron chi connectivity index (χ4n) is 1.24. The molecule has 4 N–H and O–H groups in total. The lowest BCUT2D eigenvalue weighted by atomic mass is 10.2. The zero-order valence-electron chi connectivity index (χ0n) is 8.09. The molecule has 0 unspecified atom stereocenters. The molecular formula is C9H8BrN5O. The number of nitrogens with zero attached hydrogens (tertiary/aromatic N) is 3. The van der Waals surface area contributed by atoms with Crippen LogP contribution in [0.2, 0.25) is 0 Å². The van der Waals surface area contributed by atoms with E-state index in [1.165, 1.54) is 11.0 Å². The van der Waals surface area contributed by atoms with Crippen LogP contribution in [-0.2, 0) is 0 Å². The van der Waals surface area contributed by atoms with Gasteiger partial charge in [0.1, 0.15) is 6.33 Å². The van der Waals surface area contributed by atoms with Crippen LogP contribution in [0, 0.1) is 0 Å². The fraction of sp³-hybridized carbons (Fsp3) is 0. The Balaban J connectivity index is 2.47. The Hall–Kier alpha value is -1.89. The molecule has 16 heavy (non-hydrogen) atoms. The lowest BCUT2D eigenvalue weighted by molar-refractivity contribution is 0.100. The molecule has 2 aromatic rings. The van der Waals surface area contributed by atoms with Gasteiger partial charge in [-0.3, -0.25) is 4.79 Å². The molecule has 2 rings (SSSR count). The minimum atomic E-state index is -0.481. The van der Waals surface area contributed by atoms with Crippen molar-refractivity contribution >= 4 is 27.8 Å². The number of carbonyl (C=O) groups excluding carboxylic acids is 1. The number of anilines is 1. The number of amides is 1. The van der Waals surface area contributed by atoms with Crippen molar-refractivity contribution in [3.8, 4) is 5.69 Å². The van der Waals surface area contributed by atoms with Crippen LogP contribution < -0.4 is 11.5 Å². The number of nitrogens with two attached hydrogens (primary N) is 2. The van der Waals surface area contributed by atoms with Gasteiger partial charge in [-0.15, -0.1) is 5.10 Å². The van der Waals surface area contributed by atoms with Gasteiger partial charge >= 0.3 is 0 Å². The van der Waals surface area contributed by atoms with Crippen LogP contribution in [0.5, 0.6) is 0 Å². The fourth-order valence-corrected chi connectivity index (χ4v) is 1.80. The van der Waals surface area contributed by atoms with Crippen LogP contribution in [-0.4, -0.2) is 20.7 Å². The maximum absolute atomic E-state index is 11.0. The summed E-state index contributed by atoms with van der Waals surface area (Å²) in [4.78, 5) is 14.8. The number of rotatable bonds is 2. The Kier molecular flexibility index (Phi) is 2.61. The number of halogens is 1. The van der Waals surface area contributed by atoms with Gasteiger partial charge in [0.2, 0.25) is 11.9 Å². The van der Waals surface area contributed by atoms with Crippen LogP contribution >= 0.6 is 15.9 Å². The molecule has 0 aliphatic heterocycles. The SMILES string of the molecule is NC(=O)c1ccc(-n2cnc(N)n2)c(Br)c1. The predicted octanol–water partition coefficient (Wildman–Crippen LogP) is 0.711. The quantitative estimate of drug-likeness (QED) is 0.847. The molecule has 0 radical (unpaired) electrons. The average Bonchev–Trinajstić information content (AvgIpc) is 2.64. The summed E-state index contributed by atoms with van der Waals surface area (Å²) in [6, 6.07) is 4.94. The maximum atomic E-state index is 11.0. The van der Waals surface area contributed by atoms with Gasteiger partial charge in [-0.2, -0.15) is 0 Å². The third kappa shape index (κ3) is 1.89. The number of primary amides is 1. The first-order valence-corrected chi connectivity index (χ1v) is 5.14. The minimum Gasteiger partial charge on any atom is -0.366 e. The van der Waals surface area contributed by atoms with E-state index in [2.05, 4.69) is 26.0 Å². The van der Waals surface area contributed by atoms with Gasteiger partial charge in [-0.25, -0.2) is 9.67 Å². The highest BCUT2D eigenvalue weighted by Gasteiger charge is 2.08. The van der Waals surface area contributed by atoms with E-state index >= 15 is 0 Å². The lowest BCUT2D eigenvalue weighted by Crippen LogP contribution is -2.11. The first-order chi connectivity index (χ1) is 7.58. The van der Waals surface area contributed by atoms with E-state index in [1.54, 1.807) is 18.2 Å². The van der Waals surface area contributed by atoms with Crippen molar-refractivity contribution in [1.29, 1.82) is 0 Å². The van der Waals surface area contributed by atoms with E-state index in [1.807, 2.05) is 0 Å². The molecule has 0 aliphatic carbocycles. The monoisotopic (exact) mass is 281 g/mol. The highest BCUT2D eigenvalue weighted by atomic mass is 79.9. The van der Waals surface area contributed by atoms with Crippen molar-refractivity contribution < 1.29 is 4.79 Å². The molecule has 0 bridgehead atoms. The van der Waals surface area contributed by atoms with Crippen molar-refractivity contribution in [2.75, 3.05) is 5.73 Å². The minimum absolute atomic E-state index is 0.186. The second-order valence-corrected chi connectivity index (χ2v) is 3.93. The maximum Gasteiger partial charge on any atom is 0.248 e. The van der Waals surface area contributed by atoms with E-state index in [9.17, 15) is 4.79 Å². The first kappa shape index (κ1) is 10.6. The Bertz CT molecular complexity index is 551. The molecule has 0 atom stereocenters. The van der Waals surface area contributed by atoms with Crippen LogP contribution in [0.4, 0.5) is 5.95 Å². The highest BCUT2D eigenvalue weighted by Crippen LogP contribution is 2.21. The zero-order valence-corrected chi connectivity index (χ0v) is 9.68. The second-order valence-electron chi connectivity index (χ2n) is 3.08. The zero-order chi connectivity index (χ0) is 11.7. The third-order valence-corrected chi connectivity index (χ3v) is 2.62. The summed E-state index contributed by atoms with van der Waals surface area (Å²) in [5, 5.41) is 3.95. The van der Waals surface area contributed by atoms with Gasteiger partial charge in [0.05, 0.1) is 5.69 Å². The number of hydrogen-bond acceptors (Lipinski definition) is 4. The van der Waals surface area contributed by atoms with E-state index in [-0.39, 0.29) is 5.95 Å². The smallest absolute Gasteiger partial charge is 0.248 e. The molecule has 1 heterocycles. The van der Waals surface area contributed by atoms with Crippen molar-refractivity contribution in [1.82, 2.24) is 14.8 Å². The van der Waals surface area contributed by atoms with Gasteiger partial charge in [0.15, 0.2) is 0 Å². The van der Waals surface area contributed by atoms with Crippen LogP contribution in [0.15, 0.2) is 29.0 Å². The summed E-state index contributed by atoms with van der Waals surface area (Å²) < 4.78 is 2.19. The largest absolute Gasteiger partial charge is 0.366 e. The number of benzene rings is 1. The van der Waals surface area contributed by atoms with E-state index in [0.717, 1.165) is 5.69 Å².